The van der Waals surface area contributed by atoms with E-state index in [0.29, 0.717) is 43.0 Å². The number of H-pyrrole nitrogens is 1. The Bertz CT molecular complexity index is 1890. The fourth-order valence-corrected chi connectivity index (χ4v) is 6.12. The fourth-order valence-electron chi connectivity index (χ4n) is 4.63. The number of nitrogens with zero attached hydrogens (tertiary/aromatic N) is 3. The molecule has 0 saturated carbocycles. The topological polar surface area (TPSA) is 63.6 Å². The largest absolute Gasteiger partial charge is 0.321 e. The summed E-state index contributed by atoms with van der Waals surface area (Å²) in [5.41, 5.74) is 4.15. The lowest BCUT2D eigenvalue weighted by Gasteiger charge is -2.14. The number of fused-ring (bicyclic) bond motifs is 1. The van der Waals surface area contributed by atoms with Gasteiger partial charge in [0.2, 0.25) is 0 Å². The maximum atomic E-state index is 13.6. The van der Waals surface area contributed by atoms with Gasteiger partial charge in [0.05, 0.1) is 14.9 Å². The summed E-state index contributed by atoms with van der Waals surface area (Å²) in [6.45, 7) is 0.590. The minimum Gasteiger partial charge on any atom is -0.321 e. The average Bonchev–Trinajstić information content (AvgIpc) is 3.37. The van der Waals surface area contributed by atoms with Crippen LogP contribution in [0.5, 0.6) is 0 Å². The smallest absolute Gasteiger partial charge is 0.263 e. The minimum atomic E-state index is -0.215. The van der Waals surface area contributed by atoms with E-state index in [9.17, 15) is 4.79 Å². The van der Waals surface area contributed by atoms with Crippen molar-refractivity contribution in [2.75, 3.05) is 0 Å². The Morgan fingerprint density at radius 2 is 1.52 bits per heavy atom. The lowest BCUT2D eigenvalue weighted by Crippen LogP contribution is -2.12. The first-order chi connectivity index (χ1) is 19.5. The van der Waals surface area contributed by atoms with E-state index in [-0.39, 0.29) is 5.56 Å². The quantitative estimate of drug-likeness (QED) is 0.198. The van der Waals surface area contributed by atoms with Crippen LogP contribution in [0, 0.1) is 0 Å². The second kappa shape index (κ2) is 11.5. The number of rotatable bonds is 7. The first-order valence-electron chi connectivity index (χ1n) is 12.5. The summed E-state index contributed by atoms with van der Waals surface area (Å²) in [6.07, 6.45) is 0.746. The molecule has 0 atom stereocenters. The molecule has 0 saturated heterocycles. The Morgan fingerprint density at radius 3 is 2.27 bits per heavy atom. The summed E-state index contributed by atoms with van der Waals surface area (Å²) < 4.78 is 2.02. The van der Waals surface area contributed by atoms with E-state index in [1.54, 1.807) is 18.2 Å². The molecule has 0 bridgehead atoms. The second-order valence-corrected chi connectivity index (χ2v) is 11.4. The Kier molecular flexibility index (Phi) is 7.67. The standard InChI is InChI=1S/C31H21Cl3N4OS/c32-22-12-14-26-23(18-22)27(20-9-5-2-6-10-20)28(30(39)35-26)40-31-37-36-29(21-11-13-24(33)25(34)17-21)38(31)16-15-19-7-3-1-4-8-19/h1-14,17-18H,15-16H2,(H,35,39). The Hall–Kier alpha value is -3.55. The van der Waals surface area contributed by atoms with Crippen molar-refractivity contribution in [1.82, 2.24) is 19.7 Å². The molecule has 0 aliphatic carbocycles. The molecule has 0 fully saturated rings. The van der Waals surface area contributed by atoms with Crippen molar-refractivity contribution < 1.29 is 0 Å². The Labute approximate surface area is 249 Å². The number of hydrogen-bond acceptors (Lipinski definition) is 4. The monoisotopic (exact) mass is 602 g/mol. The van der Waals surface area contributed by atoms with Crippen LogP contribution < -0.4 is 5.56 Å². The molecule has 0 spiro atoms. The summed E-state index contributed by atoms with van der Waals surface area (Å²) in [4.78, 5) is 17.1. The average molecular weight is 604 g/mol. The summed E-state index contributed by atoms with van der Waals surface area (Å²) in [5.74, 6) is 0.638. The highest BCUT2D eigenvalue weighted by Crippen LogP contribution is 2.39. The van der Waals surface area contributed by atoms with E-state index in [0.717, 1.165) is 28.5 Å². The van der Waals surface area contributed by atoms with Gasteiger partial charge >= 0.3 is 0 Å². The lowest BCUT2D eigenvalue weighted by molar-refractivity contribution is 0.639. The van der Waals surface area contributed by atoms with Crippen LogP contribution in [0.4, 0.5) is 0 Å². The van der Waals surface area contributed by atoms with Crippen molar-refractivity contribution in [1.29, 1.82) is 0 Å². The summed E-state index contributed by atoms with van der Waals surface area (Å²) in [6, 6.07) is 30.9. The molecular formula is C31H21Cl3N4OS. The second-order valence-electron chi connectivity index (χ2n) is 9.14. The molecule has 0 aliphatic rings. The molecule has 9 heteroatoms. The molecule has 6 aromatic rings. The third kappa shape index (κ3) is 5.40. The number of hydrogen-bond donors (Lipinski definition) is 1. The van der Waals surface area contributed by atoms with Gasteiger partial charge in [-0.15, -0.1) is 10.2 Å². The number of benzene rings is 4. The highest BCUT2D eigenvalue weighted by Gasteiger charge is 2.21. The molecule has 5 nitrogen and oxygen atoms in total. The van der Waals surface area contributed by atoms with Crippen LogP contribution in [-0.2, 0) is 13.0 Å². The summed E-state index contributed by atoms with van der Waals surface area (Å²) >= 11 is 20.2. The maximum absolute atomic E-state index is 13.6. The molecular weight excluding hydrogens is 583 g/mol. The number of nitrogens with one attached hydrogen (secondary N) is 1. The predicted octanol–water partition coefficient (Wildman–Crippen LogP) is 8.81. The van der Waals surface area contributed by atoms with Crippen LogP contribution in [0.2, 0.25) is 15.1 Å². The van der Waals surface area contributed by atoms with Crippen LogP contribution in [0.1, 0.15) is 5.56 Å². The van der Waals surface area contributed by atoms with Gasteiger partial charge < -0.3 is 9.55 Å². The summed E-state index contributed by atoms with van der Waals surface area (Å²) in [7, 11) is 0. The first kappa shape index (κ1) is 26.7. The molecule has 0 unspecified atom stereocenters. The molecule has 4 aromatic carbocycles. The zero-order valence-corrected chi connectivity index (χ0v) is 24.0. The van der Waals surface area contributed by atoms with E-state index < -0.39 is 0 Å². The van der Waals surface area contributed by atoms with Gasteiger partial charge in [0, 0.05) is 33.6 Å². The molecule has 0 radical (unpaired) electrons. The van der Waals surface area contributed by atoms with Crippen LogP contribution in [0.25, 0.3) is 33.4 Å². The molecule has 0 aliphatic heterocycles. The highest BCUT2D eigenvalue weighted by molar-refractivity contribution is 7.99. The Balaban J connectivity index is 1.51. The van der Waals surface area contributed by atoms with Gasteiger partial charge in [0.25, 0.3) is 5.56 Å². The maximum Gasteiger partial charge on any atom is 0.263 e. The van der Waals surface area contributed by atoms with Crippen molar-refractivity contribution in [2.45, 2.75) is 23.0 Å². The number of halogens is 3. The van der Waals surface area contributed by atoms with Gasteiger partial charge in [0.15, 0.2) is 11.0 Å². The van der Waals surface area contributed by atoms with Gasteiger partial charge in [-0.3, -0.25) is 4.79 Å². The van der Waals surface area contributed by atoms with Gasteiger partial charge in [-0.1, -0.05) is 95.5 Å². The zero-order valence-electron chi connectivity index (χ0n) is 20.9. The molecule has 198 valence electrons. The van der Waals surface area contributed by atoms with E-state index >= 15 is 0 Å². The van der Waals surface area contributed by atoms with Crippen LogP contribution in [0.3, 0.4) is 0 Å². The number of pyridine rings is 1. The van der Waals surface area contributed by atoms with Gasteiger partial charge in [0.1, 0.15) is 0 Å². The van der Waals surface area contributed by atoms with Gasteiger partial charge in [-0.05, 0) is 65.7 Å². The molecule has 2 aromatic heterocycles. The molecule has 1 N–H and O–H groups in total. The SMILES string of the molecule is O=c1[nH]c2ccc(Cl)cc2c(-c2ccccc2)c1Sc1nnc(-c2ccc(Cl)c(Cl)c2)n1CCc1ccccc1. The van der Waals surface area contributed by atoms with E-state index in [1.165, 1.54) is 17.3 Å². The van der Waals surface area contributed by atoms with Crippen LogP contribution in [0.15, 0.2) is 112 Å². The molecule has 6 rings (SSSR count). The number of aromatic nitrogens is 4. The van der Waals surface area contributed by atoms with E-state index in [4.69, 9.17) is 34.8 Å². The highest BCUT2D eigenvalue weighted by atomic mass is 35.5. The third-order valence-corrected chi connectivity index (χ3v) is 8.60. The lowest BCUT2D eigenvalue weighted by atomic mass is 10.0. The van der Waals surface area contributed by atoms with E-state index in [1.807, 2.05) is 71.3 Å². The van der Waals surface area contributed by atoms with Crippen molar-refractivity contribution >= 4 is 57.5 Å². The predicted molar refractivity (Wildman–Crippen MR) is 165 cm³/mol. The normalized spacial score (nSPS) is 11.3. The molecule has 2 heterocycles. The molecule has 40 heavy (non-hydrogen) atoms. The van der Waals surface area contributed by atoms with Gasteiger partial charge in [-0.25, -0.2) is 0 Å². The Morgan fingerprint density at radius 1 is 0.775 bits per heavy atom. The fraction of sp³-hybridized carbons (Fsp3) is 0.0645. The first-order valence-corrected chi connectivity index (χ1v) is 14.4. The number of aryl methyl sites for hydroxylation is 1. The van der Waals surface area contributed by atoms with Crippen molar-refractivity contribution in [3.05, 3.63) is 128 Å². The number of aromatic amines is 1. The third-order valence-electron chi connectivity index (χ3n) is 6.55. The summed E-state index contributed by atoms with van der Waals surface area (Å²) in [5, 5.41) is 12.0. The van der Waals surface area contributed by atoms with Crippen LogP contribution in [-0.4, -0.2) is 19.7 Å². The zero-order chi connectivity index (χ0) is 27.6. The van der Waals surface area contributed by atoms with Gasteiger partial charge in [-0.2, -0.15) is 0 Å². The molecule has 0 amide bonds. The van der Waals surface area contributed by atoms with Crippen molar-refractivity contribution in [3.63, 3.8) is 0 Å². The minimum absolute atomic E-state index is 0.215. The van der Waals surface area contributed by atoms with Crippen LogP contribution >= 0.6 is 46.6 Å². The van der Waals surface area contributed by atoms with Crippen molar-refractivity contribution in [3.8, 4) is 22.5 Å². The van der Waals surface area contributed by atoms with E-state index in [2.05, 4.69) is 27.3 Å². The van der Waals surface area contributed by atoms with Crippen molar-refractivity contribution in [2.24, 2.45) is 0 Å².